The summed E-state index contributed by atoms with van der Waals surface area (Å²) in [5.41, 5.74) is 0. The van der Waals surface area contributed by atoms with Crippen LogP contribution >= 0.6 is 0 Å². The van der Waals surface area contributed by atoms with Crippen LogP contribution in [0.4, 0.5) is 0 Å². The minimum absolute atomic E-state index is 0.484. The maximum atomic E-state index is 4.23. The van der Waals surface area contributed by atoms with E-state index in [2.05, 4.69) is 30.7 Å². The van der Waals surface area contributed by atoms with Crippen LogP contribution in [0.3, 0.4) is 0 Å². The van der Waals surface area contributed by atoms with Gasteiger partial charge in [0.25, 0.3) is 0 Å². The first-order valence-electron chi connectivity index (χ1n) is 3.62. The Morgan fingerprint density at radius 1 is 1.36 bits per heavy atom. The zero-order chi connectivity index (χ0) is 8.32. The standard InChI is InChI=1S/C4H3N2.C4H9.Sn/c1-2-5-4-6-3-1;1-4(2)3;/h1-2,4H;1-3H3;. The van der Waals surface area contributed by atoms with Gasteiger partial charge in [0, 0.05) is 0 Å². The Morgan fingerprint density at radius 3 is 2.55 bits per heavy atom. The number of nitrogens with zero attached hydrogens (tertiary/aromatic N) is 2. The molecule has 1 heterocycles. The average Bonchev–Trinajstić information content (AvgIpc) is 1.85. The summed E-state index contributed by atoms with van der Waals surface area (Å²) in [4.78, 5) is 8.12. The van der Waals surface area contributed by atoms with Crippen LogP contribution in [0.5, 0.6) is 0 Å². The van der Waals surface area contributed by atoms with Crippen molar-refractivity contribution in [3.05, 3.63) is 18.6 Å². The summed E-state index contributed by atoms with van der Waals surface area (Å²) < 4.78 is 1.77. The molecule has 0 unspecified atom stereocenters. The first-order valence-corrected chi connectivity index (χ1v) is 6.47. The molecule has 0 aliphatic rings. The molecule has 1 rings (SSSR count). The van der Waals surface area contributed by atoms with E-state index in [1.807, 2.05) is 12.3 Å². The van der Waals surface area contributed by atoms with Crippen molar-refractivity contribution in [1.29, 1.82) is 0 Å². The molecule has 11 heavy (non-hydrogen) atoms. The van der Waals surface area contributed by atoms with Gasteiger partial charge in [-0.3, -0.25) is 0 Å². The van der Waals surface area contributed by atoms with Gasteiger partial charge in [-0.15, -0.1) is 0 Å². The van der Waals surface area contributed by atoms with E-state index in [-0.39, 0.29) is 0 Å². The van der Waals surface area contributed by atoms with Crippen molar-refractivity contribution in [3.63, 3.8) is 0 Å². The van der Waals surface area contributed by atoms with Crippen molar-refractivity contribution in [1.82, 2.24) is 9.97 Å². The molecule has 1 aromatic rings. The molecule has 0 saturated carbocycles. The molecule has 1 aromatic heterocycles. The summed E-state index contributed by atoms with van der Waals surface area (Å²) >= 11 is -0.501. The molecule has 58 valence electrons. The predicted molar refractivity (Wildman–Crippen MR) is 47.1 cm³/mol. The molecule has 2 nitrogen and oxygen atoms in total. The van der Waals surface area contributed by atoms with Gasteiger partial charge in [-0.1, -0.05) is 0 Å². The van der Waals surface area contributed by atoms with Crippen molar-refractivity contribution in [2.45, 2.75) is 24.2 Å². The molecule has 0 saturated heterocycles. The molecule has 3 heteroatoms. The van der Waals surface area contributed by atoms with Gasteiger partial charge >= 0.3 is 77.6 Å². The molecule has 0 aliphatic carbocycles. The normalized spacial score (nSPS) is 11.5. The van der Waals surface area contributed by atoms with Crippen molar-refractivity contribution < 1.29 is 0 Å². The molecule has 0 atom stereocenters. The Labute approximate surface area is 77.7 Å². The number of rotatable bonds is 1. The second kappa shape index (κ2) is 3.52. The van der Waals surface area contributed by atoms with E-state index in [9.17, 15) is 0 Å². The Kier molecular flexibility index (Phi) is 2.87. The zero-order valence-corrected chi connectivity index (χ0v) is 9.98. The monoisotopic (exact) mass is 256 g/mol. The van der Waals surface area contributed by atoms with E-state index < -0.39 is 21.1 Å². The third-order valence-electron chi connectivity index (χ3n) is 1.09. The van der Waals surface area contributed by atoms with E-state index in [1.165, 1.54) is 3.71 Å². The van der Waals surface area contributed by atoms with E-state index in [1.54, 1.807) is 6.33 Å². The summed E-state index contributed by atoms with van der Waals surface area (Å²) in [5.74, 6) is 0. The summed E-state index contributed by atoms with van der Waals surface area (Å²) in [6, 6.07) is 2.04. The van der Waals surface area contributed by atoms with Crippen LogP contribution < -0.4 is 3.71 Å². The first kappa shape index (κ1) is 8.97. The molecule has 0 bridgehead atoms. The Hall–Kier alpha value is -0.121. The van der Waals surface area contributed by atoms with E-state index in [0.29, 0.717) is 3.43 Å². The van der Waals surface area contributed by atoms with Crippen molar-refractivity contribution in [3.8, 4) is 0 Å². The molecule has 0 aromatic carbocycles. The van der Waals surface area contributed by atoms with Gasteiger partial charge in [0.1, 0.15) is 0 Å². The quantitative estimate of drug-likeness (QED) is 0.700. The molecular weight excluding hydrogens is 243 g/mol. The van der Waals surface area contributed by atoms with Crippen LogP contribution in [0.25, 0.3) is 0 Å². The van der Waals surface area contributed by atoms with Gasteiger partial charge in [0.2, 0.25) is 0 Å². The average molecular weight is 255 g/mol. The van der Waals surface area contributed by atoms with E-state index in [4.69, 9.17) is 0 Å². The number of aromatic nitrogens is 2. The van der Waals surface area contributed by atoms with Gasteiger partial charge in [0.15, 0.2) is 0 Å². The third kappa shape index (κ3) is 3.70. The second-order valence-electron chi connectivity index (χ2n) is 3.47. The van der Waals surface area contributed by atoms with Crippen LogP contribution in [0.1, 0.15) is 20.8 Å². The topological polar surface area (TPSA) is 25.8 Å². The SMILES string of the molecule is C[C](C)(C)[Sn][c]1ccncn1. The fourth-order valence-electron chi connectivity index (χ4n) is 0.749. The maximum absolute atomic E-state index is 4.23. The van der Waals surface area contributed by atoms with Crippen LogP contribution in [-0.2, 0) is 0 Å². The fourth-order valence-corrected chi connectivity index (χ4v) is 3.74. The van der Waals surface area contributed by atoms with Gasteiger partial charge in [-0.25, -0.2) is 0 Å². The van der Waals surface area contributed by atoms with Gasteiger partial charge < -0.3 is 0 Å². The van der Waals surface area contributed by atoms with Gasteiger partial charge in [0.05, 0.1) is 0 Å². The Balaban J connectivity index is 2.66. The molecule has 0 aliphatic heterocycles. The van der Waals surface area contributed by atoms with Crippen LogP contribution in [0.15, 0.2) is 18.6 Å². The fraction of sp³-hybridized carbons (Fsp3) is 0.500. The first-order chi connectivity index (χ1) is 5.08. The van der Waals surface area contributed by atoms with Gasteiger partial charge in [-0.2, -0.15) is 0 Å². The summed E-state index contributed by atoms with van der Waals surface area (Å²) in [6.45, 7) is 6.84. The molecule has 0 amide bonds. The second-order valence-corrected chi connectivity index (χ2v) is 9.93. The molecule has 0 spiro atoms. The summed E-state index contributed by atoms with van der Waals surface area (Å²) in [7, 11) is 0. The molecule has 0 N–H and O–H groups in total. The number of hydrogen-bond donors (Lipinski definition) is 0. The summed E-state index contributed by atoms with van der Waals surface area (Å²) in [5, 5.41) is 0. The minimum atomic E-state index is -0.501. The Morgan fingerprint density at radius 2 is 2.09 bits per heavy atom. The van der Waals surface area contributed by atoms with Crippen LogP contribution in [0.2, 0.25) is 3.43 Å². The zero-order valence-electron chi connectivity index (χ0n) is 7.13. The third-order valence-corrected chi connectivity index (χ3v) is 4.80. The molecular formula is C8H12N2Sn. The summed E-state index contributed by atoms with van der Waals surface area (Å²) in [6.07, 6.45) is 3.47. The van der Waals surface area contributed by atoms with Gasteiger partial charge in [-0.05, 0) is 0 Å². The molecule has 0 fully saturated rings. The van der Waals surface area contributed by atoms with E-state index >= 15 is 0 Å². The molecule has 2 radical (unpaired) electrons. The van der Waals surface area contributed by atoms with Crippen LogP contribution in [-0.4, -0.2) is 31.1 Å². The van der Waals surface area contributed by atoms with Crippen molar-refractivity contribution in [2.75, 3.05) is 0 Å². The van der Waals surface area contributed by atoms with E-state index in [0.717, 1.165) is 0 Å². The Bertz CT molecular complexity index is 215. The van der Waals surface area contributed by atoms with Crippen LogP contribution in [0, 0.1) is 0 Å². The predicted octanol–water partition coefficient (Wildman–Crippen LogP) is 1.02. The number of hydrogen-bond acceptors (Lipinski definition) is 2. The van der Waals surface area contributed by atoms with Crippen molar-refractivity contribution >= 4 is 24.9 Å². The van der Waals surface area contributed by atoms with Crippen molar-refractivity contribution in [2.24, 2.45) is 0 Å².